The van der Waals surface area contributed by atoms with Gasteiger partial charge in [0.2, 0.25) is 0 Å². The van der Waals surface area contributed by atoms with Gasteiger partial charge in [0, 0.05) is 6.20 Å². The average Bonchev–Trinajstić information content (AvgIpc) is 2.16. The minimum Gasteiger partial charge on any atom is -0.476 e. The van der Waals surface area contributed by atoms with Gasteiger partial charge in [-0.05, 0) is 0 Å². The van der Waals surface area contributed by atoms with Gasteiger partial charge in [0.05, 0.1) is 0 Å². The van der Waals surface area contributed by atoms with Gasteiger partial charge < -0.3 is 15.2 Å². The predicted molar refractivity (Wildman–Crippen MR) is 27.9 cm³/mol. The number of carbonyl (C=O) groups is 1. The van der Waals surface area contributed by atoms with Crippen molar-refractivity contribution in [2.75, 3.05) is 0 Å². The molecule has 50 valence electrons. The lowest BCUT2D eigenvalue weighted by Gasteiger charge is -2.17. The molecule has 1 aliphatic heterocycles. The molecule has 0 aliphatic carbocycles. The Kier molecular flexibility index (Phi) is 1.07. The first-order valence-corrected chi connectivity index (χ1v) is 2.28. The van der Waals surface area contributed by atoms with Crippen molar-refractivity contribution in [3.8, 4) is 0 Å². The largest absolute Gasteiger partial charge is 0.476 e. The molecule has 0 amide bonds. The van der Waals surface area contributed by atoms with E-state index in [0.29, 0.717) is 0 Å². The molecule has 9 heavy (non-hydrogen) atoms. The van der Waals surface area contributed by atoms with Crippen molar-refractivity contribution >= 4 is 5.97 Å². The summed E-state index contributed by atoms with van der Waals surface area (Å²) < 4.78 is 4.49. The first-order chi connectivity index (χ1) is 4.15. The normalized spacial score (nSPS) is 31.2. The zero-order valence-corrected chi connectivity index (χ0v) is 4.50. The summed E-state index contributed by atoms with van der Waals surface area (Å²) in [6.07, 6.45) is 2.52. The van der Waals surface area contributed by atoms with E-state index < -0.39 is 11.8 Å². The molecule has 0 saturated carbocycles. The summed E-state index contributed by atoms with van der Waals surface area (Å²) in [6, 6.07) is 0. The van der Waals surface area contributed by atoms with Crippen molar-refractivity contribution in [1.29, 1.82) is 0 Å². The summed E-state index contributed by atoms with van der Waals surface area (Å²) >= 11 is 0. The zero-order chi connectivity index (χ0) is 6.91. The van der Waals surface area contributed by atoms with E-state index >= 15 is 0 Å². The molecular weight excluding hydrogens is 124 g/mol. The van der Waals surface area contributed by atoms with Gasteiger partial charge in [0.1, 0.15) is 6.26 Å². The highest BCUT2D eigenvalue weighted by Crippen LogP contribution is 2.04. The molecule has 0 aromatic carbocycles. The Hall–Kier alpha value is -1.23. The summed E-state index contributed by atoms with van der Waals surface area (Å²) in [6.45, 7) is 0. The quantitative estimate of drug-likeness (QED) is 0.414. The minimum atomic E-state index is -1.75. The number of ether oxygens (including phenoxy) is 1. The van der Waals surface area contributed by atoms with Crippen LogP contribution in [0.15, 0.2) is 12.5 Å². The van der Waals surface area contributed by atoms with E-state index in [4.69, 9.17) is 10.8 Å². The number of carboxylic acid groups (broad SMARTS) is 1. The molecule has 1 heterocycles. The van der Waals surface area contributed by atoms with Gasteiger partial charge in [-0.2, -0.15) is 0 Å². The monoisotopic (exact) mass is 130 g/mol. The molecule has 1 unspecified atom stereocenters. The summed E-state index contributed by atoms with van der Waals surface area (Å²) in [7, 11) is 0. The molecule has 5 nitrogen and oxygen atoms in total. The molecule has 5 heteroatoms. The third kappa shape index (κ3) is 0.812. The van der Waals surface area contributed by atoms with Crippen molar-refractivity contribution in [2.45, 2.75) is 5.85 Å². The maximum absolute atomic E-state index is 10.2. The maximum atomic E-state index is 10.2. The van der Waals surface area contributed by atoms with E-state index in [0.717, 1.165) is 0 Å². The number of rotatable bonds is 1. The van der Waals surface area contributed by atoms with Crippen LogP contribution in [0.4, 0.5) is 0 Å². The zero-order valence-electron chi connectivity index (χ0n) is 4.50. The lowest BCUT2D eigenvalue weighted by molar-refractivity contribution is -0.158. The lowest BCUT2D eigenvalue weighted by atomic mass is 10.4. The molecule has 1 aliphatic rings. The molecule has 0 aromatic rings. The number of nitrogens with two attached hydrogens (primary N) is 1. The smallest absolute Gasteiger partial charge is 0.387 e. The third-order valence-electron chi connectivity index (χ3n) is 0.937. The maximum Gasteiger partial charge on any atom is 0.387 e. The van der Waals surface area contributed by atoms with Gasteiger partial charge in [0.25, 0.3) is 0 Å². The number of carboxylic acids is 1. The second-order valence-corrected chi connectivity index (χ2v) is 1.61. The average molecular weight is 130 g/mol. The second kappa shape index (κ2) is 1.63. The first-order valence-electron chi connectivity index (χ1n) is 2.28. The van der Waals surface area contributed by atoms with Crippen molar-refractivity contribution in [2.24, 2.45) is 5.73 Å². The summed E-state index contributed by atoms with van der Waals surface area (Å²) in [4.78, 5) is 10.2. The van der Waals surface area contributed by atoms with Gasteiger partial charge in [-0.1, -0.05) is 0 Å². The number of hydrogen-bond donors (Lipinski definition) is 3. The van der Waals surface area contributed by atoms with E-state index in [2.05, 4.69) is 10.1 Å². The standard InChI is InChI=1S/C4H6N2O3/c5-4(3(7)8)6-1-2-9-4/h1-2,6H,5H2,(H,7,8). The van der Waals surface area contributed by atoms with Crippen molar-refractivity contribution < 1.29 is 14.6 Å². The molecule has 0 aromatic heterocycles. The van der Waals surface area contributed by atoms with Crippen molar-refractivity contribution in [3.63, 3.8) is 0 Å². The van der Waals surface area contributed by atoms with E-state index in [1.54, 1.807) is 0 Å². The van der Waals surface area contributed by atoms with Gasteiger partial charge in [0.15, 0.2) is 0 Å². The Balaban J connectivity index is 2.66. The Labute approximate surface area is 51.1 Å². The van der Waals surface area contributed by atoms with Crippen molar-refractivity contribution in [1.82, 2.24) is 5.32 Å². The fourth-order valence-corrected chi connectivity index (χ4v) is 0.445. The predicted octanol–water partition coefficient (Wildman–Crippen LogP) is -1.23. The van der Waals surface area contributed by atoms with Crippen LogP contribution in [0.2, 0.25) is 0 Å². The molecule has 0 saturated heterocycles. The molecule has 0 fully saturated rings. The molecule has 1 rings (SSSR count). The van der Waals surface area contributed by atoms with Crippen LogP contribution in [0.3, 0.4) is 0 Å². The van der Waals surface area contributed by atoms with Crippen LogP contribution in [0.25, 0.3) is 0 Å². The van der Waals surface area contributed by atoms with Gasteiger partial charge in [-0.15, -0.1) is 0 Å². The number of hydrogen-bond acceptors (Lipinski definition) is 4. The van der Waals surface area contributed by atoms with E-state index in [-0.39, 0.29) is 0 Å². The van der Waals surface area contributed by atoms with Crippen molar-refractivity contribution in [3.05, 3.63) is 12.5 Å². The third-order valence-corrected chi connectivity index (χ3v) is 0.937. The molecule has 0 radical (unpaired) electrons. The van der Waals surface area contributed by atoms with Crippen LogP contribution in [0.1, 0.15) is 0 Å². The fraction of sp³-hybridized carbons (Fsp3) is 0.250. The van der Waals surface area contributed by atoms with Gasteiger partial charge in [-0.3, -0.25) is 5.73 Å². The van der Waals surface area contributed by atoms with Crippen LogP contribution in [-0.4, -0.2) is 16.9 Å². The van der Waals surface area contributed by atoms with Gasteiger partial charge >= 0.3 is 11.8 Å². The summed E-state index contributed by atoms with van der Waals surface area (Å²) in [5, 5.41) is 10.6. The van der Waals surface area contributed by atoms with Crippen LogP contribution in [-0.2, 0) is 9.53 Å². The Morgan fingerprint density at radius 1 is 1.89 bits per heavy atom. The molecule has 4 N–H and O–H groups in total. The summed E-state index contributed by atoms with van der Waals surface area (Å²) in [5.41, 5.74) is 5.11. The molecule has 0 spiro atoms. The molecule has 1 atom stereocenters. The molecular formula is C4H6N2O3. The Morgan fingerprint density at radius 3 is 2.78 bits per heavy atom. The summed E-state index contributed by atoms with van der Waals surface area (Å²) in [5.74, 6) is -2.99. The Morgan fingerprint density at radius 2 is 2.56 bits per heavy atom. The first kappa shape index (κ1) is 5.90. The van der Waals surface area contributed by atoms with Crippen LogP contribution >= 0.6 is 0 Å². The number of aliphatic carboxylic acids is 1. The van der Waals surface area contributed by atoms with Crippen LogP contribution < -0.4 is 11.1 Å². The van der Waals surface area contributed by atoms with Crippen LogP contribution in [0.5, 0.6) is 0 Å². The minimum absolute atomic E-state index is 1.19. The van der Waals surface area contributed by atoms with E-state index in [1.165, 1.54) is 12.5 Å². The number of nitrogens with one attached hydrogen (secondary N) is 1. The second-order valence-electron chi connectivity index (χ2n) is 1.61. The van der Waals surface area contributed by atoms with E-state index in [1.807, 2.05) is 0 Å². The lowest BCUT2D eigenvalue weighted by Crippen LogP contribution is -2.56. The SMILES string of the molecule is NC1(C(=O)O)NC=CO1. The fourth-order valence-electron chi connectivity index (χ4n) is 0.445. The highest BCUT2D eigenvalue weighted by Gasteiger charge is 2.36. The molecule has 0 bridgehead atoms. The van der Waals surface area contributed by atoms with E-state index in [9.17, 15) is 4.79 Å². The highest BCUT2D eigenvalue weighted by molar-refractivity contribution is 5.76. The Bertz CT molecular complexity index is 157. The highest BCUT2D eigenvalue weighted by atomic mass is 16.6. The van der Waals surface area contributed by atoms with Crippen LogP contribution in [0, 0.1) is 0 Å². The van der Waals surface area contributed by atoms with Gasteiger partial charge in [-0.25, -0.2) is 4.79 Å². The topological polar surface area (TPSA) is 84.6 Å².